The Labute approximate surface area is 113 Å². The second kappa shape index (κ2) is 5.82. The molecule has 0 radical (unpaired) electrons. The van der Waals surface area contributed by atoms with Crippen LogP contribution in [0.4, 0.5) is 11.4 Å². The van der Waals surface area contributed by atoms with Crippen LogP contribution in [0.15, 0.2) is 18.2 Å². The molecule has 1 aromatic rings. The molecule has 1 amide bonds. The van der Waals surface area contributed by atoms with Gasteiger partial charge < -0.3 is 21.1 Å². The molecule has 1 saturated heterocycles. The molecule has 0 spiro atoms. The highest BCUT2D eigenvalue weighted by Crippen LogP contribution is 2.30. The number of amides is 1. The Morgan fingerprint density at radius 1 is 1.42 bits per heavy atom. The average molecular weight is 263 g/mol. The highest BCUT2D eigenvalue weighted by molar-refractivity contribution is 5.74. The summed E-state index contributed by atoms with van der Waals surface area (Å²) in [5.41, 5.74) is 12.8. The predicted molar refractivity (Wildman–Crippen MR) is 76.2 cm³/mol. The summed E-state index contributed by atoms with van der Waals surface area (Å²) in [4.78, 5) is 13.2. The Kier molecular flexibility index (Phi) is 4.14. The normalized spacial score (nSPS) is 16.4. The molecule has 19 heavy (non-hydrogen) atoms. The first-order valence-electron chi connectivity index (χ1n) is 6.57. The molecule has 1 aliphatic heterocycles. The van der Waals surface area contributed by atoms with Gasteiger partial charge in [0.05, 0.1) is 12.8 Å². The molecule has 5 heteroatoms. The maximum atomic E-state index is 10.9. The number of anilines is 2. The maximum absolute atomic E-state index is 10.9. The second-order valence-corrected chi connectivity index (χ2v) is 5.03. The fourth-order valence-corrected chi connectivity index (χ4v) is 2.58. The number of hydrogen-bond acceptors (Lipinski definition) is 4. The summed E-state index contributed by atoms with van der Waals surface area (Å²) in [5, 5.41) is 0. The summed E-state index contributed by atoms with van der Waals surface area (Å²) in [6.07, 6.45) is 2.49. The van der Waals surface area contributed by atoms with Gasteiger partial charge in [0.25, 0.3) is 0 Å². The number of methoxy groups -OCH3 is 1. The lowest BCUT2D eigenvalue weighted by Crippen LogP contribution is -2.35. The number of ether oxygens (including phenoxy) is 1. The number of carbonyl (C=O) groups excluding carboxylic acids is 1. The summed E-state index contributed by atoms with van der Waals surface area (Å²) in [6, 6.07) is 5.83. The fourth-order valence-electron chi connectivity index (χ4n) is 2.58. The first-order chi connectivity index (χ1) is 9.10. The van der Waals surface area contributed by atoms with Crippen LogP contribution < -0.4 is 21.1 Å². The minimum absolute atomic E-state index is 0.201. The van der Waals surface area contributed by atoms with E-state index in [1.54, 1.807) is 7.11 Å². The van der Waals surface area contributed by atoms with E-state index >= 15 is 0 Å². The van der Waals surface area contributed by atoms with Crippen molar-refractivity contribution >= 4 is 17.3 Å². The number of hydrogen-bond donors (Lipinski definition) is 2. The number of nitrogens with zero attached hydrogens (tertiary/aromatic N) is 1. The summed E-state index contributed by atoms with van der Waals surface area (Å²) in [5.74, 6) is 0.925. The van der Waals surface area contributed by atoms with Crippen LogP contribution in [-0.2, 0) is 4.79 Å². The molecule has 1 aliphatic rings. The molecule has 2 rings (SSSR count). The molecule has 4 N–H and O–H groups in total. The Bertz CT molecular complexity index is 454. The second-order valence-electron chi connectivity index (χ2n) is 5.03. The van der Waals surface area contributed by atoms with E-state index in [0.29, 0.717) is 23.8 Å². The van der Waals surface area contributed by atoms with Crippen molar-refractivity contribution in [2.75, 3.05) is 30.8 Å². The molecule has 1 aromatic carbocycles. The van der Waals surface area contributed by atoms with Crippen LogP contribution in [0.2, 0.25) is 0 Å². The highest BCUT2D eigenvalue weighted by atomic mass is 16.5. The molecule has 0 saturated carbocycles. The van der Waals surface area contributed by atoms with E-state index in [2.05, 4.69) is 4.90 Å². The van der Waals surface area contributed by atoms with Crippen molar-refractivity contribution in [3.05, 3.63) is 18.2 Å². The van der Waals surface area contributed by atoms with Crippen molar-refractivity contribution in [3.63, 3.8) is 0 Å². The van der Waals surface area contributed by atoms with Gasteiger partial charge in [-0.2, -0.15) is 0 Å². The van der Waals surface area contributed by atoms with Crippen LogP contribution in [-0.4, -0.2) is 26.1 Å². The molecule has 0 unspecified atom stereocenters. The summed E-state index contributed by atoms with van der Waals surface area (Å²) >= 11 is 0. The SMILES string of the molecule is COc1cc(N2CCC(CC(N)=O)CC2)ccc1N. The van der Waals surface area contributed by atoms with Gasteiger partial charge in [0.2, 0.25) is 5.91 Å². The fraction of sp³-hybridized carbons (Fsp3) is 0.500. The molecule has 0 bridgehead atoms. The lowest BCUT2D eigenvalue weighted by atomic mass is 9.93. The quantitative estimate of drug-likeness (QED) is 0.804. The molecule has 1 fully saturated rings. The first kappa shape index (κ1) is 13.5. The van der Waals surface area contributed by atoms with Gasteiger partial charge >= 0.3 is 0 Å². The molecule has 0 atom stereocenters. The molecule has 1 heterocycles. The van der Waals surface area contributed by atoms with Crippen molar-refractivity contribution in [1.29, 1.82) is 0 Å². The largest absolute Gasteiger partial charge is 0.495 e. The Balaban J connectivity index is 1.99. The zero-order chi connectivity index (χ0) is 13.8. The number of carbonyl (C=O) groups is 1. The maximum Gasteiger partial charge on any atom is 0.217 e. The van der Waals surface area contributed by atoms with Crippen molar-refractivity contribution in [2.45, 2.75) is 19.3 Å². The molecular formula is C14H21N3O2. The van der Waals surface area contributed by atoms with Gasteiger partial charge in [-0.05, 0) is 30.9 Å². The third-order valence-corrected chi connectivity index (χ3v) is 3.69. The zero-order valence-electron chi connectivity index (χ0n) is 11.3. The predicted octanol–water partition coefficient (Wildman–Crippen LogP) is 1.37. The van der Waals surface area contributed by atoms with Crippen LogP contribution in [0.1, 0.15) is 19.3 Å². The topological polar surface area (TPSA) is 81.6 Å². The number of rotatable bonds is 4. The smallest absolute Gasteiger partial charge is 0.217 e. The van der Waals surface area contributed by atoms with Gasteiger partial charge in [0, 0.05) is 31.3 Å². The van der Waals surface area contributed by atoms with E-state index < -0.39 is 0 Å². The lowest BCUT2D eigenvalue weighted by molar-refractivity contribution is -0.119. The highest BCUT2D eigenvalue weighted by Gasteiger charge is 2.21. The van der Waals surface area contributed by atoms with Gasteiger partial charge in [0.15, 0.2) is 0 Å². The minimum Gasteiger partial charge on any atom is -0.495 e. The zero-order valence-corrected chi connectivity index (χ0v) is 11.3. The summed E-state index contributed by atoms with van der Waals surface area (Å²) in [7, 11) is 1.62. The van der Waals surface area contributed by atoms with Crippen LogP contribution >= 0.6 is 0 Å². The van der Waals surface area contributed by atoms with Crippen molar-refractivity contribution < 1.29 is 9.53 Å². The Morgan fingerprint density at radius 2 is 2.11 bits per heavy atom. The standard InChI is InChI=1S/C14H21N3O2/c1-19-13-9-11(2-3-12(13)15)17-6-4-10(5-7-17)8-14(16)18/h2-3,9-10H,4-8,15H2,1H3,(H2,16,18). The van der Waals surface area contributed by atoms with E-state index in [-0.39, 0.29) is 5.91 Å². The molecule has 104 valence electrons. The van der Waals surface area contributed by atoms with Gasteiger partial charge in [-0.3, -0.25) is 4.79 Å². The van der Waals surface area contributed by atoms with E-state index in [0.717, 1.165) is 31.6 Å². The van der Waals surface area contributed by atoms with E-state index in [1.807, 2.05) is 18.2 Å². The molecule has 0 aliphatic carbocycles. The number of piperidine rings is 1. The van der Waals surface area contributed by atoms with Gasteiger partial charge in [-0.1, -0.05) is 0 Å². The van der Waals surface area contributed by atoms with Crippen LogP contribution in [0.5, 0.6) is 5.75 Å². The molecule has 0 aromatic heterocycles. The first-order valence-corrected chi connectivity index (χ1v) is 6.57. The minimum atomic E-state index is -0.201. The third-order valence-electron chi connectivity index (χ3n) is 3.69. The molecular weight excluding hydrogens is 242 g/mol. The van der Waals surface area contributed by atoms with Crippen LogP contribution in [0.3, 0.4) is 0 Å². The number of nitrogens with two attached hydrogens (primary N) is 2. The molecule has 5 nitrogen and oxygen atoms in total. The third kappa shape index (κ3) is 3.30. The van der Waals surface area contributed by atoms with E-state index in [9.17, 15) is 4.79 Å². The van der Waals surface area contributed by atoms with Gasteiger partial charge in [-0.15, -0.1) is 0 Å². The Morgan fingerprint density at radius 3 is 2.68 bits per heavy atom. The van der Waals surface area contributed by atoms with E-state index in [4.69, 9.17) is 16.2 Å². The lowest BCUT2D eigenvalue weighted by Gasteiger charge is -2.33. The van der Waals surface area contributed by atoms with Crippen molar-refractivity contribution in [1.82, 2.24) is 0 Å². The van der Waals surface area contributed by atoms with Gasteiger partial charge in [0.1, 0.15) is 5.75 Å². The van der Waals surface area contributed by atoms with Crippen LogP contribution in [0.25, 0.3) is 0 Å². The monoisotopic (exact) mass is 263 g/mol. The number of nitrogen functional groups attached to an aromatic ring is 1. The van der Waals surface area contributed by atoms with E-state index in [1.165, 1.54) is 0 Å². The van der Waals surface area contributed by atoms with Crippen molar-refractivity contribution in [3.8, 4) is 5.75 Å². The van der Waals surface area contributed by atoms with Crippen LogP contribution in [0, 0.1) is 5.92 Å². The number of primary amides is 1. The summed E-state index contributed by atoms with van der Waals surface area (Å²) in [6.45, 7) is 1.87. The summed E-state index contributed by atoms with van der Waals surface area (Å²) < 4.78 is 5.24. The number of benzene rings is 1. The van der Waals surface area contributed by atoms with Gasteiger partial charge in [-0.25, -0.2) is 0 Å². The Hall–Kier alpha value is -1.91. The van der Waals surface area contributed by atoms with Crippen molar-refractivity contribution in [2.24, 2.45) is 11.7 Å². The average Bonchev–Trinajstić information content (AvgIpc) is 2.40.